The Morgan fingerprint density at radius 2 is 2.28 bits per heavy atom. The van der Waals surface area contributed by atoms with E-state index in [1.165, 1.54) is 17.0 Å². The molecular formula is C12H13NO5. The van der Waals surface area contributed by atoms with Crippen LogP contribution in [-0.2, 0) is 14.3 Å². The van der Waals surface area contributed by atoms with E-state index in [0.29, 0.717) is 5.69 Å². The Kier molecular flexibility index (Phi) is 3.47. The summed E-state index contributed by atoms with van der Waals surface area (Å²) in [5.41, 5.74) is 0.540. The van der Waals surface area contributed by atoms with Crippen molar-refractivity contribution < 1.29 is 24.5 Å². The van der Waals surface area contributed by atoms with E-state index in [1.807, 2.05) is 0 Å². The van der Waals surface area contributed by atoms with Crippen molar-refractivity contribution in [1.82, 2.24) is 0 Å². The van der Waals surface area contributed by atoms with E-state index in [-0.39, 0.29) is 31.2 Å². The number of aromatic hydroxyl groups is 1. The van der Waals surface area contributed by atoms with Gasteiger partial charge in [-0.3, -0.25) is 9.59 Å². The highest BCUT2D eigenvalue weighted by atomic mass is 16.5. The zero-order chi connectivity index (χ0) is 13.1. The Morgan fingerprint density at radius 1 is 1.50 bits per heavy atom. The van der Waals surface area contributed by atoms with Crippen LogP contribution < -0.4 is 4.90 Å². The van der Waals surface area contributed by atoms with Crippen LogP contribution in [0.3, 0.4) is 0 Å². The number of hydrogen-bond donors (Lipinski definition) is 2. The number of aliphatic carboxylic acids is 1. The van der Waals surface area contributed by atoms with Gasteiger partial charge in [0.15, 0.2) is 0 Å². The number of carbonyl (C=O) groups excluding carboxylic acids is 1. The second-order valence-corrected chi connectivity index (χ2v) is 4.06. The quantitative estimate of drug-likeness (QED) is 0.821. The lowest BCUT2D eigenvalue weighted by atomic mass is 10.1. The number of hydrogen-bond acceptors (Lipinski definition) is 4. The number of carboxylic acids is 1. The zero-order valence-corrected chi connectivity index (χ0v) is 9.57. The Balaban J connectivity index is 2.15. The molecule has 2 N–H and O–H groups in total. The summed E-state index contributed by atoms with van der Waals surface area (Å²) < 4.78 is 5.15. The lowest BCUT2D eigenvalue weighted by Gasteiger charge is -2.32. The molecule has 0 bridgehead atoms. The van der Waals surface area contributed by atoms with E-state index in [1.54, 1.807) is 12.1 Å². The Bertz CT molecular complexity index is 473. The number of morpholine rings is 1. The van der Waals surface area contributed by atoms with Crippen molar-refractivity contribution in [3.05, 3.63) is 24.3 Å². The maximum absolute atomic E-state index is 11.7. The smallest absolute Gasteiger partial charge is 0.306 e. The van der Waals surface area contributed by atoms with E-state index in [0.717, 1.165) is 0 Å². The van der Waals surface area contributed by atoms with Crippen molar-refractivity contribution in [2.45, 2.75) is 12.5 Å². The van der Waals surface area contributed by atoms with Crippen LogP contribution in [0.5, 0.6) is 5.75 Å². The van der Waals surface area contributed by atoms with Crippen molar-refractivity contribution in [2.75, 3.05) is 18.1 Å². The molecule has 18 heavy (non-hydrogen) atoms. The number of carbonyl (C=O) groups is 2. The van der Waals surface area contributed by atoms with Crippen molar-refractivity contribution in [2.24, 2.45) is 0 Å². The molecule has 1 aliphatic rings. The Morgan fingerprint density at radius 3 is 2.94 bits per heavy atom. The first kappa shape index (κ1) is 12.4. The molecule has 1 heterocycles. The minimum absolute atomic E-state index is 0.0570. The molecule has 1 aromatic carbocycles. The summed E-state index contributed by atoms with van der Waals surface area (Å²) in [4.78, 5) is 23.8. The van der Waals surface area contributed by atoms with E-state index in [9.17, 15) is 14.7 Å². The maximum Gasteiger partial charge on any atom is 0.306 e. The number of nitrogens with zero attached hydrogens (tertiary/aromatic N) is 1. The van der Waals surface area contributed by atoms with Crippen molar-refractivity contribution in [1.29, 1.82) is 0 Å². The molecule has 96 valence electrons. The fourth-order valence-electron chi connectivity index (χ4n) is 1.85. The third-order valence-electron chi connectivity index (χ3n) is 2.67. The molecule has 1 aromatic rings. The molecule has 1 amide bonds. The fraction of sp³-hybridized carbons (Fsp3) is 0.333. The number of ether oxygens (including phenoxy) is 1. The molecule has 0 aliphatic carbocycles. The first-order valence-electron chi connectivity index (χ1n) is 5.49. The van der Waals surface area contributed by atoms with E-state index in [2.05, 4.69) is 0 Å². The van der Waals surface area contributed by atoms with Crippen LogP contribution in [0.25, 0.3) is 0 Å². The van der Waals surface area contributed by atoms with Gasteiger partial charge in [0.1, 0.15) is 12.4 Å². The van der Waals surface area contributed by atoms with Crippen molar-refractivity contribution in [3.63, 3.8) is 0 Å². The molecule has 1 aliphatic heterocycles. The van der Waals surface area contributed by atoms with E-state index >= 15 is 0 Å². The molecule has 1 fully saturated rings. The first-order valence-corrected chi connectivity index (χ1v) is 5.49. The minimum Gasteiger partial charge on any atom is -0.508 e. The molecule has 0 saturated carbocycles. The molecule has 0 spiro atoms. The average Bonchev–Trinajstić information content (AvgIpc) is 2.31. The predicted octanol–water partition coefficient (Wildman–Crippen LogP) is 0.599. The van der Waals surface area contributed by atoms with E-state index in [4.69, 9.17) is 9.84 Å². The second-order valence-electron chi connectivity index (χ2n) is 4.06. The summed E-state index contributed by atoms with van der Waals surface area (Å²) in [5, 5.41) is 18.1. The Hall–Kier alpha value is -2.08. The first-order chi connectivity index (χ1) is 8.56. The number of benzene rings is 1. The standard InChI is InChI=1S/C12H13NO5/c14-9-3-1-2-8(4-9)13-6-10(5-12(16)17)18-7-11(13)15/h1-4,10,14H,5-7H2,(H,16,17). The van der Waals surface area contributed by atoms with Gasteiger partial charge in [-0.1, -0.05) is 6.07 Å². The van der Waals surface area contributed by atoms with Crippen LogP contribution in [0.15, 0.2) is 24.3 Å². The molecule has 1 saturated heterocycles. The average molecular weight is 251 g/mol. The van der Waals surface area contributed by atoms with Gasteiger partial charge in [0.25, 0.3) is 5.91 Å². The minimum atomic E-state index is -0.967. The molecule has 0 radical (unpaired) electrons. The van der Waals surface area contributed by atoms with Crippen LogP contribution in [0, 0.1) is 0 Å². The monoisotopic (exact) mass is 251 g/mol. The van der Waals surface area contributed by atoms with Gasteiger partial charge in [-0.25, -0.2) is 0 Å². The van der Waals surface area contributed by atoms with Crippen molar-refractivity contribution >= 4 is 17.6 Å². The highest BCUT2D eigenvalue weighted by Gasteiger charge is 2.28. The molecule has 1 atom stereocenters. The van der Waals surface area contributed by atoms with Gasteiger partial charge in [-0.15, -0.1) is 0 Å². The number of anilines is 1. The molecule has 6 heteroatoms. The van der Waals surface area contributed by atoms with Crippen LogP contribution >= 0.6 is 0 Å². The third-order valence-corrected chi connectivity index (χ3v) is 2.67. The fourth-order valence-corrected chi connectivity index (χ4v) is 1.85. The van der Waals surface area contributed by atoms with Crippen LogP contribution in [0.1, 0.15) is 6.42 Å². The predicted molar refractivity (Wildman–Crippen MR) is 62.5 cm³/mol. The van der Waals surface area contributed by atoms with Gasteiger partial charge < -0.3 is 19.8 Å². The van der Waals surface area contributed by atoms with Gasteiger partial charge >= 0.3 is 5.97 Å². The van der Waals surface area contributed by atoms with E-state index < -0.39 is 12.1 Å². The number of phenols is 1. The van der Waals surface area contributed by atoms with Gasteiger partial charge in [0, 0.05) is 11.8 Å². The lowest BCUT2D eigenvalue weighted by Crippen LogP contribution is -2.47. The highest BCUT2D eigenvalue weighted by Crippen LogP contribution is 2.23. The SMILES string of the molecule is O=C(O)CC1CN(c2cccc(O)c2)C(=O)CO1. The van der Waals surface area contributed by atoms with Crippen LogP contribution in [-0.4, -0.2) is 41.3 Å². The summed E-state index contributed by atoms with van der Waals surface area (Å²) in [6.45, 7) is 0.0299. The number of amides is 1. The molecule has 0 aromatic heterocycles. The van der Waals surface area contributed by atoms with Crippen LogP contribution in [0.2, 0.25) is 0 Å². The summed E-state index contributed by atoms with van der Waals surface area (Å²) in [7, 11) is 0. The number of carboxylic acid groups (broad SMARTS) is 1. The molecule has 2 rings (SSSR count). The van der Waals surface area contributed by atoms with Gasteiger partial charge in [-0.2, -0.15) is 0 Å². The molecule has 1 unspecified atom stereocenters. The van der Waals surface area contributed by atoms with Crippen LogP contribution in [0.4, 0.5) is 5.69 Å². The largest absolute Gasteiger partial charge is 0.508 e. The Labute approximate surface area is 103 Å². The molecular weight excluding hydrogens is 238 g/mol. The van der Waals surface area contributed by atoms with Gasteiger partial charge in [0.2, 0.25) is 0 Å². The highest BCUT2D eigenvalue weighted by molar-refractivity contribution is 5.95. The topological polar surface area (TPSA) is 87.1 Å². The molecule has 6 nitrogen and oxygen atoms in total. The normalized spacial score (nSPS) is 19.9. The summed E-state index contributed by atoms with van der Waals surface area (Å²) >= 11 is 0. The number of phenolic OH excluding ortho intramolecular Hbond substituents is 1. The second kappa shape index (κ2) is 5.05. The van der Waals surface area contributed by atoms with Gasteiger partial charge in [0.05, 0.1) is 19.1 Å². The maximum atomic E-state index is 11.7. The van der Waals surface area contributed by atoms with Crippen molar-refractivity contribution in [3.8, 4) is 5.75 Å². The number of rotatable bonds is 3. The zero-order valence-electron chi connectivity index (χ0n) is 9.57. The summed E-state index contributed by atoms with van der Waals surface area (Å²) in [6, 6.07) is 6.27. The summed E-state index contributed by atoms with van der Waals surface area (Å²) in [6.07, 6.45) is -0.676. The van der Waals surface area contributed by atoms with Gasteiger partial charge in [-0.05, 0) is 12.1 Å². The summed E-state index contributed by atoms with van der Waals surface area (Å²) in [5.74, 6) is -1.16. The third kappa shape index (κ3) is 2.78. The lowest BCUT2D eigenvalue weighted by molar-refractivity contribution is -0.143.